The molecule has 1 aliphatic rings. The van der Waals surface area contributed by atoms with Crippen molar-refractivity contribution in [1.29, 1.82) is 0 Å². The lowest BCUT2D eigenvalue weighted by Crippen LogP contribution is -2.03. The lowest BCUT2D eigenvalue weighted by molar-refractivity contribution is 1.06. The minimum Gasteiger partial charge on any atom is -0.307 e. The van der Waals surface area contributed by atoms with Crippen LogP contribution in [0.5, 0.6) is 0 Å². The number of benzene rings is 3. The predicted octanol–water partition coefficient (Wildman–Crippen LogP) is 6.72. The first-order chi connectivity index (χ1) is 11.7. The number of nitrogens with zero attached hydrogens (tertiary/aromatic N) is 1. The lowest BCUT2D eigenvalue weighted by Gasteiger charge is -2.22. The second-order valence-electron chi connectivity index (χ2n) is 6.15. The highest BCUT2D eigenvalue weighted by molar-refractivity contribution is 7.99. The third-order valence-corrected chi connectivity index (χ3v) is 5.79. The third-order valence-electron chi connectivity index (χ3n) is 4.46. The van der Waals surface area contributed by atoms with Crippen LogP contribution < -0.4 is 0 Å². The highest BCUT2D eigenvalue weighted by atomic mass is 35.5. The van der Waals surface area contributed by atoms with Crippen molar-refractivity contribution in [3.8, 4) is 16.9 Å². The van der Waals surface area contributed by atoms with Crippen molar-refractivity contribution in [3.63, 3.8) is 0 Å². The molecular weight excluding hydrogens is 334 g/mol. The zero-order valence-electron chi connectivity index (χ0n) is 13.1. The quantitative estimate of drug-likeness (QED) is 0.325. The van der Waals surface area contributed by atoms with Crippen molar-refractivity contribution in [1.82, 2.24) is 4.57 Å². The maximum absolute atomic E-state index is 6.31. The number of hydrogen-bond donors (Lipinski definition) is 0. The van der Waals surface area contributed by atoms with E-state index in [9.17, 15) is 0 Å². The molecule has 0 amide bonds. The van der Waals surface area contributed by atoms with Crippen LogP contribution in [-0.2, 0) is 0 Å². The average molecular weight is 348 g/mol. The molecular formula is C21H14ClNS. The first kappa shape index (κ1) is 14.2. The average Bonchev–Trinajstić information content (AvgIpc) is 2.97. The van der Waals surface area contributed by atoms with Crippen LogP contribution in [0.3, 0.4) is 0 Å². The fourth-order valence-electron chi connectivity index (χ4n) is 3.47. The van der Waals surface area contributed by atoms with Crippen LogP contribution in [-0.4, -0.2) is 4.57 Å². The van der Waals surface area contributed by atoms with Gasteiger partial charge in [0.25, 0.3) is 0 Å². The SMILES string of the molecule is Cc1cc2c3c(c1)cc(-c1ccccc1)n3-c1cc(Cl)ccc1S2. The number of fused-ring (bicyclic) bond motifs is 2. The van der Waals surface area contributed by atoms with E-state index in [0.29, 0.717) is 0 Å². The van der Waals surface area contributed by atoms with Crippen LogP contribution >= 0.6 is 23.4 Å². The van der Waals surface area contributed by atoms with Crippen LogP contribution in [0.1, 0.15) is 5.56 Å². The third kappa shape index (κ3) is 2.03. The normalized spacial score (nSPS) is 12.4. The van der Waals surface area contributed by atoms with E-state index in [-0.39, 0.29) is 0 Å². The maximum atomic E-state index is 6.31. The van der Waals surface area contributed by atoms with Gasteiger partial charge >= 0.3 is 0 Å². The van der Waals surface area contributed by atoms with E-state index >= 15 is 0 Å². The Morgan fingerprint density at radius 2 is 1.71 bits per heavy atom. The molecule has 3 aromatic carbocycles. The molecule has 116 valence electrons. The summed E-state index contributed by atoms with van der Waals surface area (Å²) in [4.78, 5) is 2.55. The van der Waals surface area contributed by atoms with Gasteiger partial charge in [-0.05, 0) is 54.4 Å². The second-order valence-corrected chi connectivity index (χ2v) is 7.67. The van der Waals surface area contributed by atoms with Gasteiger partial charge in [-0.2, -0.15) is 0 Å². The van der Waals surface area contributed by atoms with Crippen molar-refractivity contribution in [2.24, 2.45) is 0 Å². The summed E-state index contributed by atoms with van der Waals surface area (Å²) in [5.74, 6) is 0. The van der Waals surface area contributed by atoms with Gasteiger partial charge < -0.3 is 4.57 Å². The Hall–Kier alpha value is -2.16. The van der Waals surface area contributed by atoms with Gasteiger partial charge in [-0.25, -0.2) is 0 Å². The number of halogens is 1. The molecule has 0 aliphatic carbocycles. The van der Waals surface area contributed by atoms with E-state index in [4.69, 9.17) is 11.6 Å². The van der Waals surface area contributed by atoms with Crippen molar-refractivity contribution in [2.75, 3.05) is 0 Å². The van der Waals surface area contributed by atoms with E-state index in [1.54, 1.807) is 0 Å². The summed E-state index contributed by atoms with van der Waals surface area (Å²) in [6.45, 7) is 2.16. The van der Waals surface area contributed by atoms with Gasteiger partial charge in [0.1, 0.15) is 0 Å². The molecule has 1 nitrogen and oxygen atoms in total. The molecule has 1 aliphatic heterocycles. The Bertz CT molecular complexity index is 1100. The minimum atomic E-state index is 0.769. The largest absolute Gasteiger partial charge is 0.307 e. The first-order valence-electron chi connectivity index (χ1n) is 7.90. The molecule has 0 bridgehead atoms. The predicted molar refractivity (Wildman–Crippen MR) is 103 cm³/mol. The standard InChI is InChI=1S/C21H14ClNS/c1-13-9-15-11-17(14-5-3-2-4-6-14)23-18-12-16(22)7-8-19(18)24-20(10-13)21(15)23/h2-12H,1H3. The molecule has 0 fully saturated rings. The van der Waals surface area contributed by atoms with Crippen molar-refractivity contribution < 1.29 is 0 Å². The summed E-state index contributed by atoms with van der Waals surface area (Å²) < 4.78 is 2.36. The van der Waals surface area contributed by atoms with E-state index < -0.39 is 0 Å². The molecule has 0 saturated heterocycles. The van der Waals surface area contributed by atoms with Crippen LogP contribution in [0.15, 0.2) is 76.5 Å². The molecule has 0 saturated carbocycles. The molecule has 4 aromatic rings. The summed E-state index contributed by atoms with van der Waals surface area (Å²) in [6.07, 6.45) is 0. The van der Waals surface area contributed by atoms with Crippen LogP contribution in [0.2, 0.25) is 5.02 Å². The number of hydrogen-bond acceptors (Lipinski definition) is 1. The molecule has 0 radical (unpaired) electrons. The Morgan fingerprint density at radius 1 is 0.875 bits per heavy atom. The van der Waals surface area contributed by atoms with E-state index in [0.717, 1.165) is 10.7 Å². The number of rotatable bonds is 1. The molecule has 0 N–H and O–H groups in total. The van der Waals surface area contributed by atoms with Crippen molar-refractivity contribution >= 4 is 34.3 Å². The Morgan fingerprint density at radius 3 is 2.54 bits per heavy atom. The highest BCUT2D eigenvalue weighted by Gasteiger charge is 2.23. The summed E-state index contributed by atoms with van der Waals surface area (Å²) in [5.41, 5.74) is 6.16. The smallest absolute Gasteiger partial charge is 0.0675 e. The first-order valence-corrected chi connectivity index (χ1v) is 9.09. The number of aryl methyl sites for hydroxylation is 1. The molecule has 24 heavy (non-hydrogen) atoms. The fourth-order valence-corrected chi connectivity index (χ4v) is 4.82. The van der Waals surface area contributed by atoms with Gasteiger partial charge in [-0.3, -0.25) is 0 Å². The summed E-state index contributed by atoms with van der Waals surface area (Å²) in [5, 5.41) is 2.05. The van der Waals surface area contributed by atoms with Gasteiger partial charge in [-0.15, -0.1) is 0 Å². The summed E-state index contributed by atoms with van der Waals surface area (Å²) in [6, 6.07) is 23.5. The zero-order valence-corrected chi connectivity index (χ0v) is 14.7. The fraction of sp³-hybridized carbons (Fsp3) is 0.0476. The monoisotopic (exact) mass is 347 g/mol. The van der Waals surface area contributed by atoms with E-state index in [1.165, 1.54) is 37.5 Å². The van der Waals surface area contributed by atoms with Gasteiger partial charge in [0.2, 0.25) is 0 Å². The molecule has 0 atom stereocenters. The van der Waals surface area contributed by atoms with E-state index in [2.05, 4.69) is 72.2 Å². The topological polar surface area (TPSA) is 4.93 Å². The highest BCUT2D eigenvalue weighted by Crippen LogP contribution is 2.47. The van der Waals surface area contributed by atoms with Crippen LogP contribution in [0, 0.1) is 6.92 Å². The van der Waals surface area contributed by atoms with Crippen LogP contribution in [0.25, 0.3) is 27.8 Å². The second kappa shape index (κ2) is 5.17. The van der Waals surface area contributed by atoms with Crippen LogP contribution in [0.4, 0.5) is 0 Å². The minimum absolute atomic E-state index is 0.769. The van der Waals surface area contributed by atoms with Gasteiger partial charge in [0, 0.05) is 20.2 Å². The summed E-state index contributed by atoms with van der Waals surface area (Å²) >= 11 is 8.13. The summed E-state index contributed by atoms with van der Waals surface area (Å²) in [7, 11) is 0. The maximum Gasteiger partial charge on any atom is 0.0675 e. The molecule has 1 aromatic heterocycles. The molecule has 0 spiro atoms. The Balaban J connectivity index is 1.94. The van der Waals surface area contributed by atoms with Gasteiger partial charge in [0.05, 0.1) is 16.9 Å². The van der Waals surface area contributed by atoms with Crippen molar-refractivity contribution in [3.05, 3.63) is 77.3 Å². The molecule has 2 heterocycles. The molecule has 5 rings (SSSR count). The Labute approximate surface area is 149 Å². The number of aromatic nitrogens is 1. The molecule has 3 heteroatoms. The van der Waals surface area contributed by atoms with Gasteiger partial charge in [0.15, 0.2) is 0 Å². The van der Waals surface area contributed by atoms with Crippen molar-refractivity contribution in [2.45, 2.75) is 16.7 Å². The van der Waals surface area contributed by atoms with E-state index in [1.807, 2.05) is 17.8 Å². The lowest BCUT2D eigenvalue weighted by atomic mass is 10.1. The zero-order chi connectivity index (χ0) is 16.3. The molecule has 0 unspecified atom stereocenters. The Kier molecular flexibility index (Phi) is 3.06. The van der Waals surface area contributed by atoms with Gasteiger partial charge in [-0.1, -0.05) is 53.7 Å².